The fourth-order valence-electron chi connectivity index (χ4n) is 5.46. The molecule has 1 saturated carbocycles. The van der Waals surface area contributed by atoms with E-state index in [0.29, 0.717) is 23.5 Å². The van der Waals surface area contributed by atoms with Crippen LogP contribution in [0.4, 0.5) is 29.8 Å². The summed E-state index contributed by atoms with van der Waals surface area (Å²) in [6.07, 6.45) is 4.14. The minimum absolute atomic E-state index is 0.0334. The Kier molecular flexibility index (Phi) is 7.26. The van der Waals surface area contributed by atoms with E-state index in [-0.39, 0.29) is 62.9 Å². The van der Waals surface area contributed by atoms with E-state index in [9.17, 15) is 13.6 Å². The monoisotopic (exact) mass is 587 g/mol. The number of nitrogen functional groups attached to an aromatic ring is 1. The molecule has 5 N–H and O–H groups in total. The van der Waals surface area contributed by atoms with Crippen LogP contribution in [0, 0.1) is 24.0 Å². The molecule has 5 aromatic rings. The van der Waals surface area contributed by atoms with E-state index in [1.165, 1.54) is 17.5 Å². The number of anilines is 2. The van der Waals surface area contributed by atoms with E-state index in [4.69, 9.17) is 12.3 Å². The summed E-state index contributed by atoms with van der Waals surface area (Å²) in [6, 6.07) is 10.1. The first-order valence-electron chi connectivity index (χ1n) is 13.2. The number of aromatic amines is 1. The highest BCUT2D eigenvalue weighted by atomic mass is 32.1. The topological polar surface area (TPSA) is 113 Å². The first-order valence-corrected chi connectivity index (χ1v) is 14.1. The lowest BCUT2D eigenvalue weighted by Gasteiger charge is -2.31. The number of carbonyl (C=O) groups is 1. The van der Waals surface area contributed by atoms with Gasteiger partial charge >= 0.3 is 0 Å². The second kappa shape index (κ2) is 11.2. The molecule has 1 aliphatic rings. The molecule has 3 heterocycles. The molecule has 12 heteroatoms. The van der Waals surface area contributed by atoms with E-state index in [0.717, 1.165) is 25.0 Å². The van der Waals surface area contributed by atoms with E-state index >= 15 is 4.39 Å². The Hall–Kier alpha value is -4.89. The number of nitrogens with two attached hydrogens (primary N) is 1. The number of hydrogen-bond acceptors (Lipinski definition) is 6. The average Bonchev–Trinajstić information content (AvgIpc) is 3.61. The Bertz CT molecular complexity index is 1850. The molecule has 8 nitrogen and oxygen atoms in total. The average molecular weight is 588 g/mol. The normalized spacial score (nSPS) is 16.7. The van der Waals surface area contributed by atoms with Crippen LogP contribution >= 0.6 is 11.3 Å². The first kappa shape index (κ1) is 27.3. The molecule has 3 aromatic heterocycles. The van der Waals surface area contributed by atoms with E-state index < -0.39 is 17.5 Å². The molecule has 42 heavy (non-hydrogen) atoms. The lowest BCUT2D eigenvalue weighted by molar-refractivity contribution is 0.0922. The van der Waals surface area contributed by atoms with Crippen molar-refractivity contribution in [3.8, 4) is 22.4 Å². The van der Waals surface area contributed by atoms with Crippen LogP contribution in [0.2, 0.25) is 0 Å². The van der Waals surface area contributed by atoms with Crippen molar-refractivity contribution in [3.05, 3.63) is 88.6 Å². The summed E-state index contributed by atoms with van der Waals surface area (Å²) in [5.41, 5.74) is 6.73. The summed E-state index contributed by atoms with van der Waals surface area (Å²) in [6.45, 7) is 7.94. The van der Waals surface area contributed by atoms with E-state index in [1.807, 2.05) is 0 Å². The van der Waals surface area contributed by atoms with Gasteiger partial charge in [0.25, 0.3) is 5.91 Å². The molecule has 1 fully saturated rings. The summed E-state index contributed by atoms with van der Waals surface area (Å²) in [5.74, 6) is -2.71. The van der Waals surface area contributed by atoms with Gasteiger partial charge in [-0.15, -0.1) is 11.3 Å². The fraction of sp³-hybridized carbons (Fsp3) is 0.200. The number of nitrogens with zero attached hydrogens (tertiary/aromatic N) is 3. The number of hydrogen-bond donors (Lipinski definition) is 4. The van der Waals surface area contributed by atoms with Crippen molar-refractivity contribution < 1.29 is 18.0 Å². The maximum atomic E-state index is 16.3. The van der Waals surface area contributed by atoms with Gasteiger partial charge in [-0.2, -0.15) is 0 Å². The largest absolute Gasteiger partial charge is 0.375 e. The number of H-pyrrole nitrogens is 1. The third-order valence-corrected chi connectivity index (χ3v) is 8.03. The number of pyridine rings is 1. The smallest absolute Gasteiger partial charge is 0.271 e. The Morgan fingerprint density at radius 2 is 1.90 bits per heavy atom. The van der Waals surface area contributed by atoms with E-state index in [2.05, 4.69) is 30.4 Å². The molecule has 1 aliphatic carbocycles. The van der Waals surface area contributed by atoms with Crippen LogP contribution in [0.1, 0.15) is 36.2 Å². The van der Waals surface area contributed by atoms with Crippen LogP contribution in [0.3, 0.4) is 0 Å². The van der Waals surface area contributed by atoms with Crippen molar-refractivity contribution in [1.29, 1.82) is 0 Å². The van der Waals surface area contributed by atoms with Crippen LogP contribution in [-0.4, -0.2) is 32.9 Å². The highest BCUT2D eigenvalue weighted by molar-refractivity contribution is 7.13. The standard InChI is InChI=1S/C30H24F3N7OS/c1-35-27-23(15-6-3-2-4-7-15)24(33)28(40-26(27)20-13-36-25-19(20)10-16(31)11-21(25)32)37-17-8-5-9-18(12-17)38-29(41)22-14-42-30(34)39-22/h2-4,6-7,10-11,13-14,17-18,36H,5,8-9,12H2,(H2,34,39)(H,37,40)(H,38,41). The van der Waals surface area contributed by atoms with E-state index in [1.54, 1.807) is 35.7 Å². The molecule has 2 unspecified atom stereocenters. The zero-order valence-corrected chi connectivity index (χ0v) is 22.9. The Morgan fingerprint density at radius 3 is 2.64 bits per heavy atom. The van der Waals surface area contributed by atoms with Crippen molar-refractivity contribution in [2.45, 2.75) is 37.8 Å². The summed E-state index contributed by atoms with van der Waals surface area (Å²) >= 11 is 1.18. The number of halogens is 3. The van der Waals surface area contributed by atoms with Gasteiger partial charge in [-0.05, 0) is 37.3 Å². The Balaban J connectivity index is 1.39. The predicted molar refractivity (Wildman–Crippen MR) is 157 cm³/mol. The van der Waals surface area contributed by atoms with Crippen LogP contribution in [0.15, 0.2) is 54.0 Å². The van der Waals surface area contributed by atoms with Gasteiger partial charge in [-0.3, -0.25) is 4.79 Å². The van der Waals surface area contributed by atoms with Crippen molar-refractivity contribution >= 4 is 44.8 Å². The van der Waals surface area contributed by atoms with Gasteiger partial charge in [0, 0.05) is 46.2 Å². The molecule has 0 spiro atoms. The number of fused-ring (bicyclic) bond motifs is 1. The molecule has 2 atom stereocenters. The number of rotatable bonds is 6. The number of amides is 1. The molecule has 212 valence electrons. The lowest BCUT2D eigenvalue weighted by atomic mass is 9.90. The maximum absolute atomic E-state index is 16.3. The fourth-order valence-corrected chi connectivity index (χ4v) is 6.01. The molecule has 0 bridgehead atoms. The number of aromatic nitrogens is 3. The zero-order chi connectivity index (χ0) is 29.4. The van der Waals surface area contributed by atoms with Crippen LogP contribution in [0.5, 0.6) is 0 Å². The lowest BCUT2D eigenvalue weighted by Crippen LogP contribution is -2.42. The van der Waals surface area contributed by atoms with Gasteiger partial charge in [0.2, 0.25) is 5.69 Å². The van der Waals surface area contributed by atoms with Crippen LogP contribution in [-0.2, 0) is 0 Å². The minimum atomic E-state index is -0.792. The molecular formula is C30H24F3N7OS. The van der Waals surface area contributed by atoms with Crippen LogP contribution in [0.25, 0.3) is 38.1 Å². The first-order chi connectivity index (χ1) is 20.3. The van der Waals surface area contributed by atoms with Crippen molar-refractivity contribution in [2.24, 2.45) is 0 Å². The molecule has 0 radical (unpaired) electrons. The Morgan fingerprint density at radius 1 is 1.12 bits per heavy atom. The van der Waals surface area contributed by atoms with Crippen LogP contribution < -0.4 is 16.4 Å². The summed E-state index contributed by atoms with van der Waals surface area (Å²) < 4.78 is 45.0. The third-order valence-electron chi connectivity index (χ3n) is 7.35. The molecule has 6 rings (SSSR count). The number of thiazole rings is 1. The summed E-state index contributed by atoms with van der Waals surface area (Å²) in [5, 5.41) is 8.26. The zero-order valence-electron chi connectivity index (χ0n) is 22.0. The van der Waals surface area contributed by atoms with Gasteiger partial charge in [-0.25, -0.2) is 28.0 Å². The second-order valence-electron chi connectivity index (χ2n) is 10.1. The molecule has 0 saturated heterocycles. The molecular weight excluding hydrogens is 563 g/mol. The molecule has 2 aromatic carbocycles. The van der Waals surface area contributed by atoms with Gasteiger partial charge in [0.05, 0.1) is 17.8 Å². The number of carbonyl (C=O) groups excluding carboxylic acids is 1. The van der Waals surface area contributed by atoms with Crippen molar-refractivity contribution in [3.63, 3.8) is 0 Å². The number of benzene rings is 2. The molecule has 1 amide bonds. The van der Waals surface area contributed by atoms with Gasteiger partial charge < -0.3 is 21.4 Å². The van der Waals surface area contributed by atoms with Gasteiger partial charge in [0.1, 0.15) is 17.3 Å². The third kappa shape index (κ3) is 5.14. The quantitative estimate of drug-likeness (QED) is 0.159. The van der Waals surface area contributed by atoms with Gasteiger partial charge in [0.15, 0.2) is 16.8 Å². The maximum Gasteiger partial charge on any atom is 0.271 e. The van der Waals surface area contributed by atoms with Crippen molar-refractivity contribution in [2.75, 3.05) is 11.1 Å². The van der Waals surface area contributed by atoms with Crippen molar-refractivity contribution in [1.82, 2.24) is 20.3 Å². The number of nitrogens with one attached hydrogen (secondary N) is 3. The summed E-state index contributed by atoms with van der Waals surface area (Å²) in [7, 11) is 0. The minimum Gasteiger partial charge on any atom is -0.375 e. The Labute approximate surface area is 242 Å². The summed E-state index contributed by atoms with van der Waals surface area (Å²) in [4.78, 5) is 27.6. The van der Waals surface area contributed by atoms with Gasteiger partial charge in [-0.1, -0.05) is 30.3 Å². The highest BCUT2D eigenvalue weighted by Gasteiger charge is 2.29. The second-order valence-corrected chi connectivity index (χ2v) is 11.0. The predicted octanol–water partition coefficient (Wildman–Crippen LogP) is 7.06. The highest BCUT2D eigenvalue weighted by Crippen LogP contribution is 2.44. The molecule has 0 aliphatic heterocycles. The SMILES string of the molecule is [C-]#[N+]c1c(-c2c[nH]c3c(F)cc(F)cc23)nc(NC2CCCC(NC(=O)c3csc(N)n3)C2)c(F)c1-c1ccccc1.